The van der Waals surface area contributed by atoms with Crippen LogP contribution in [0.4, 0.5) is 0 Å². The van der Waals surface area contributed by atoms with Gasteiger partial charge in [-0.3, -0.25) is 4.79 Å². The van der Waals surface area contributed by atoms with E-state index in [2.05, 4.69) is 36.6 Å². The highest BCUT2D eigenvalue weighted by Crippen LogP contribution is 2.16. The van der Waals surface area contributed by atoms with Crippen molar-refractivity contribution in [3.63, 3.8) is 0 Å². The summed E-state index contributed by atoms with van der Waals surface area (Å²) < 4.78 is 5.88. The van der Waals surface area contributed by atoms with Crippen molar-refractivity contribution in [1.82, 2.24) is 10.6 Å². The summed E-state index contributed by atoms with van der Waals surface area (Å²) >= 11 is 0. The van der Waals surface area contributed by atoms with Crippen LogP contribution in [0.15, 0.2) is 54.6 Å². The van der Waals surface area contributed by atoms with E-state index in [4.69, 9.17) is 4.74 Å². The molecule has 4 heteroatoms. The summed E-state index contributed by atoms with van der Waals surface area (Å²) in [4.78, 5) is 12.2. The summed E-state index contributed by atoms with van der Waals surface area (Å²) in [5, 5.41) is 6.12. The molecule has 0 aliphatic carbocycles. The van der Waals surface area contributed by atoms with Gasteiger partial charge in [-0.1, -0.05) is 69.2 Å². The fourth-order valence-electron chi connectivity index (χ4n) is 2.96. The number of hydrogen-bond acceptors (Lipinski definition) is 3. The summed E-state index contributed by atoms with van der Waals surface area (Å²) in [5.74, 6) is 1.51. The van der Waals surface area contributed by atoms with Gasteiger partial charge >= 0.3 is 0 Å². The van der Waals surface area contributed by atoms with Crippen molar-refractivity contribution >= 4 is 5.91 Å². The Hall–Kier alpha value is -2.33. The van der Waals surface area contributed by atoms with Crippen molar-refractivity contribution in [2.45, 2.75) is 45.7 Å². The lowest BCUT2D eigenvalue weighted by molar-refractivity contribution is -0.122. The summed E-state index contributed by atoms with van der Waals surface area (Å²) in [5.41, 5.74) is 2.27. The molecule has 0 heterocycles. The van der Waals surface area contributed by atoms with Gasteiger partial charge < -0.3 is 15.4 Å². The number of hydrogen-bond donors (Lipinski definition) is 2. The maximum atomic E-state index is 12.2. The molecule has 0 aliphatic heterocycles. The maximum absolute atomic E-state index is 12.2. The average molecular weight is 369 g/mol. The Morgan fingerprint density at radius 3 is 2.22 bits per heavy atom. The standard InChI is InChI=1S/C23H32N2O2/c1-4-18(5-2)17-27-21-13-11-20(12-14-21)16-25-22(23(26)24-3)15-19-9-7-6-8-10-19/h6-14,18,22,25H,4-5,15-17H2,1-3H3,(H,24,26). The molecule has 0 aromatic heterocycles. The molecule has 0 saturated carbocycles. The normalized spacial score (nSPS) is 12.0. The highest BCUT2D eigenvalue weighted by molar-refractivity contribution is 5.81. The van der Waals surface area contributed by atoms with Crippen LogP contribution in [0.3, 0.4) is 0 Å². The minimum atomic E-state index is -0.261. The van der Waals surface area contributed by atoms with Crippen LogP contribution in [0, 0.1) is 5.92 Å². The molecule has 1 amide bonds. The van der Waals surface area contributed by atoms with E-state index in [1.54, 1.807) is 7.05 Å². The lowest BCUT2D eigenvalue weighted by Crippen LogP contribution is -2.44. The van der Waals surface area contributed by atoms with Gasteiger partial charge in [0.25, 0.3) is 0 Å². The van der Waals surface area contributed by atoms with Crippen LogP contribution in [-0.4, -0.2) is 25.6 Å². The van der Waals surface area contributed by atoms with Crippen molar-refractivity contribution < 1.29 is 9.53 Å². The summed E-state index contributed by atoms with van der Waals surface area (Å²) in [6.45, 7) is 5.80. The molecule has 0 fully saturated rings. The van der Waals surface area contributed by atoms with E-state index < -0.39 is 0 Å². The number of rotatable bonds is 11. The third kappa shape index (κ3) is 7.06. The highest BCUT2D eigenvalue weighted by Gasteiger charge is 2.17. The van der Waals surface area contributed by atoms with Gasteiger partial charge in [0.05, 0.1) is 12.6 Å². The predicted molar refractivity (Wildman–Crippen MR) is 111 cm³/mol. The Balaban J connectivity index is 1.89. The molecule has 0 radical (unpaired) electrons. The number of amides is 1. The van der Waals surface area contributed by atoms with Gasteiger partial charge in [0.15, 0.2) is 0 Å². The Morgan fingerprint density at radius 1 is 0.963 bits per heavy atom. The van der Waals surface area contributed by atoms with E-state index in [1.165, 1.54) is 0 Å². The van der Waals surface area contributed by atoms with Gasteiger partial charge in [0.2, 0.25) is 5.91 Å². The molecule has 4 nitrogen and oxygen atoms in total. The minimum absolute atomic E-state index is 0.00368. The number of likely N-dealkylation sites (N-methyl/N-ethyl adjacent to an activating group) is 1. The molecule has 0 aliphatic rings. The molecule has 1 unspecified atom stereocenters. The second kappa shape index (κ2) is 11.4. The van der Waals surface area contributed by atoms with Crippen LogP contribution >= 0.6 is 0 Å². The molecule has 27 heavy (non-hydrogen) atoms. The van der Waals surface area contributed by atoms with E-state index in [0.717, 1.165) is 36.3 Å². The molecular weight excluding hydrogens is 336 g/mol. The first-order valence-corrected chi connectivity index (χ1v) is 9.86. The number of carbonyl (C=O) groups is 1. The first-order chi connectivity index (χ1) is 13.2. The SMILES string of the molecule is CCC(CC)COc1ccc(CNC(Cc2ccccc2)C(=O)NC)cc1. The van der Waals surface area contributed by atoms with Gasteiger partial charge in [0.1, 0.15) is 5.75 Å². The second-order valence-electron chi connectivity index (χ2n) is 6.87. The number of carbonyl (C=O) groups excluding carboxylic acids is 1. The van der Waals surface area contributed by atoms with Crippen LogP contribution in [0.25, 0.3) is 0 Å². The third-order valence-corrected chi connectivity index (χ3v) is 4.96. The fraction of sp³-hybridized carbons (Fsp3) is 0.435. The summed E-state index contributed by atoms with van der Waals surface area (Å²) in [7, 11) is 1.67. The molecule has 2 N–H and O–H groups in total. The van der Waals surface area contributed by atoms with Gasteiger partial charge in [-0.2, -0.15) is 0 Å². The topological polar surface area (TPSA) is 50.4 Å². The van der Waals surface area contributed by atoms with Gasteiger partial charge in [0, 0.05) is 13.6 Å². The molecule has 0 saturated heterocycles. The highest BCUT2D eigenvalue weighted by atomic mass is 16.5. The fourth-order valence-corrected chi connectivity index (χ4v) is 2.96. The quantitative estimate of drug-likeness (QED) is 0.631. The minimum Gasteiger partial charge on any atom is -0.493 e. The largest absolute Gasteiger partial charge is 0.493 e. The van der Waals surface area contributed by atoms with Gasteiger partial charge in [-0.25, -0.2) is 0 Å². The second-order valence-corrected chi connectivity index (χ2v) is 6.87. The Bertz CT molecular complexity index is 667. The van der Waals surface area contributed by atoms with Crippen molar-refractivity contribution in [3.8, 4) is 5.75 Å². The Morgan fingerprint density at radius 2 is 1.63 bits per heavy atom. The monoisotopic (exact) mass is 368 g/mol. The van der Waals surface area contributed by atoms with Crippen molar-refractivity contribution in [3.05, 3.63) is 65.7 Å². The summed E-state index contributed by atoms with van der Waals surface area (Å²) in [6.07, 6.45) is 2.94. The van der Waals surface area contributed by atoms with Crippen molar-refractivity contribution in [2.24, 2.45) is 5.92 Å². The number of benzene rings is 2. The predicted octanol–water partition coefficient (Wildman–Crippen LogP) is 3.95. The number of ether oxygens (including phenoxy) is 1. The van der Waals surface area contributed by atoms with Crippen LogP contribution in [0.2, 0.25) is 0 Å². The first kappa shape index (κ1) is 21.0. The Labute approximate surface area is 163 Å². The third-order valence-electron chi connectivity index (χ3n) is 4.96. The molecule has 1 atom stereocenters. The zero-order valence-corrected chi connectivity index (χ0v) is 16.7. The molecule has 0 bridgehead atoms. The lowest BCUT2D eigenvalue weighted by Gasteiger charge is -2.18. The number of nitrogens with one attached hydrogen (secondary N) is 2. The van der Waals surface area contributed by atoms with E-state index in [9.17, 15) is 4.79 Å². The van der Waals surface area contributed by atoms with E-state index in [1.807, 2.05) is 42.5 Å². The smallest absolute Gasteiger partial charge is 0.237 e. The molecule has 2 rings (SSSR count). The zero-order chi connectivity index (χ0) is 19.5. The lowest BCUT2D eigenvalue weighted by atomic mass is 10.0. The average Bonchev–Trinajstić information content (AvgIpc) is 2.73. The molecule has 0 spiro atoms. The molecule has 2 aromatic rings. The van der Waals surface area contributed by atoms with Gasteiger partial charge in [-0.15, -0.1) is 0 Å². The van der Waals surface area contributed by atoms with Crippen LogP contribution < -0.4 is 15.4 Å². The van der Waals surface area contributed by atoms with Crippen molar-refractivity contribution in [1.29, 1.82) is 0 Å². The molecule has 146 valence electrons. The van der Waals surface area contributed by atoms with E-state index >= 15 is 0 Å². The Kier molecular flexibility index (Phi) is 8.85. The molecule has 2 aromatic carbocycles. The van der Waals surface area contributed by atoms with Gasteiger partial charge in [-0.05, 0) is 35.6 Å². The van der Waals surface area contributed by atoms with Crippen molar-refractivity contribution in [2.75, 3.05) is 13.7 Å². The van der Waals surface area contributed by atoms with Crippen LogP contribution in [0.1, 0.15) is 37.8 Å². The van der Waals surface area contributed by atoms with Crippen LogP contribution in [0.5, 0.6) is 5.75 Å². The zero-order valence-electron chi connectivity index (χ0n) is 16.7. The van der Waals surface area contributed by atoms with Crippen LogP contribution in [-0.2, 0) is 17.8 Å². The maximum Gasteiger partial charge on any atom is 0.237 e. The van der Waals surface area contributed by atoms with E-state index in [0.29, 0.717) is 18.9 Å². The summed E-state index contributed by atoms with van der Waals surface area (Å²) in [6, 6.07) is 17.9. The first-order valence-electron chi connectivity index (χ1n) is 9.86. The van der Waals surface area contributed by atoms with E-state index in [-0.39, 0.29) is 11.9 Å². The molecular formula is C23H32N2O2.